The number of rotatable bonds is 6. The predicted molar refractivity (Wildman–Crippen MR) is 116 cm³/mol. The predicted octanol–water partition coefficient (Wildman–Crippen LogP) is 2.56. The van der Waals surface area contributed by atoms with Gasteiger partial charge in [-0.3, -0.25) is 14.9 Å². The van der Waals surface area contributed by atoms with Crippen molar-refractivity contribution in [1.29, 1.82) is 0 Å². The zero-order valence-electron chi connectivity index (χ0n) is 17.4. The first-order valence-corrected chi connectivity index (χ1v) is 10.2. The Morgan fingerprint density at radius 3 is 2.63 bits per heavy atom. The maximum absolute atomic E-state index is 11.9. The number of carbonyl (C=O) groups excluding carboxylic acids is 1. The van der Waals surface area contributed by atoms with Gasteiger partial charge in [0.2, 0.25) is 5.91 Å². The number of piperidine rings is 1. The van der Waals surface area contributed by atoms with Crippen molar-refractivity contribution in [2.45, 2.75) is 31.7 Å². The highest BCUT2D eigenvalue weighted by Gasteiger charge is 2.39. The molecule has 0 radical (unpaired) electrons. The standard InChI is InChI=1S/C22H27N7O/c1-3-16-17(19(23)30)5-4-6-18(16)26-22(9-13-29(2)14-10-22)21-25-20(27-28-21)15-7-11-24-12-8-15/h4-8,11-12,26H,3,9-10,13-14H2,1-2H3,(H2,23,30)(H,25,27,28). The molecule has 1 aliphatic heterocycles. The molecule has 1 amide bonds. The molecule has 0 saturated carbocycles. The van der Waals surface area contributed by atoms with Crippen LogP contribution in [0.1, 0.15) is 41.5 Å². The van der Waals surface area contributed by atoms with E-state index in [1.807, 2.05) is 31.2 Å². The van der Waals surface area contributed by atoms with Gasteiger partial charge in [-0.2, -0.15) is 5.10 Å². The number of aromatic amines is 1. The van der Waals surface area contributed by atoms with Crippen molar-refractivity contribution < 1.29 is 4.79 Å². The molecule has 4 rings (SSSR count). The van der Waals surface area contributed by atoms with Crippen LogP contribution in [0.5, 0.6) is 0 Å². The fourth-order valence-electron chi connectivity index (χ4n) is 4.10. The van der Waals surface area contributed by atoms with Gasteiger partial charge in [-0.25, -0.2) is 4.98 Å². The van der Waals surface area contributed by atoms with Gasteiger partial charge < -0.3 is 16.0 Å². The zero-order valence-corrected chi connectivity index (χ0v) is 17.4. The minimum absolute atomic E-state index is 0.410. The summed E-state index contributed by atoms with van der Waals surface area (Å²) in [6.07, 6.45) is 5.89. The van der Waals surface area contributed by atoms with Crippen LogP contribution in [0, 0.1) is 0 Å². The lowest BCUT2D eigenvalue weighted by atomic mass is 9.85. The van der Waals surface area contributed by atoms with Crippen LogP contribution in [0.15, 0.2) is 42.7 Å². The van der Waals surface area contributed by atoms with E-state index >= 15 is 0 Å². The number of hydrogen-bond acceptors (Lipinski definition) is 6. The van der Waals surface area contributed by atoms with Crippen molar-refractivity contribution in [3.63, 3.8) is 0 Å². The summed E-state index contributed by atoms with van der Waals surface area (Å²) in [7, 11) is 2.12. The number of nitrogens with zero attached hydrogens (tertiary/aromatic N) is 4. The van der Waals surface area contributed by atoms with E-state index < -0.39 is 11.4 Å². The summed E-state index contributed by atoms with van der Waals surface area (Å²) < 4.78 is 0. The summed E-state index contributed by atoms with van der Waals surface area (Å²) in [5.74, 6) is 1.04. The van der Waals surface area contributed by atoms with Crippen molar-refractivity contribution in [1.82, 2.24) is 25.1 Å². The minimum Gasteiger partial charge on any atom is -0.372 e. The molecule has 1 saturated heterocycles. The summed E-state index contributed by atoms with van der Waals surface area (Å²) >= 11 is 0. The van der Waals surface area contributed by atoms with Crippen LogP contribution in [0.25, 0.3) is 11.4 Å². The summed E-state index contributed by atoms with van der Waals surface area (Å²) in [5, 5.41) is 11.4. The number of nitrogens with two attached hydrogens (primary N) is 1. The maximum atomic E-state index is 11.9. The van der Waals surface area contributed by atoms with Gasteiger partial charge in [-0.05, 0) is 56.1 Å². The molecule has 8 heteroatoms. The second-order valence-corrected chi connectivity index (χ2v) is 7.80. The third-order valence-corrected chi connectivity index (χ3v) is 5.89. The van der Waals surface area contributed by atoms with E-state index in [0.29, 0.717) is 17.8 Å². The first-order chi connectivity index (χ1) is 14.5. The smallest absolute Gasteiger partial charge is 0.249 e. The zero-order chi connectivity index (χ0) is 21.1. The number of pyridine rings is 1. The summed E-state index contributed by atoms with van der Waals surface area (Å²) in [5.41, 5.74) is 8.52. The Balaban J connectivity index is 1.74. The van der Waals surface area contributed by atoms with Gasteiger partial charge in [0.25, 0.3) is 0 Å². The lowest BCUT2D eigenvalue weighted by molar-refractivity contribution is 0.0999. The monoisotopic (exact) mass is 405 g/mol. The highest BCUT2D eigenvalue weighted by molar-refractivity contribution is 5.96. The van der Waals surface area contributed by atoms with Gasteiger partial charge in [0.15, 0.2) is 11.6 Å². The van der Waals surface area contributed by atoms with Crippen molar-refractivity contribution in [3.8, 4) is 11.4 Å². The highest BCUT2D eigenvalue weighted by Crippen LogP contribution is 2.36. The Hall–Kier alpha value is -3.26. The third-order valence-electron chi connectivity index (χ3n) is 5.89. The number of H-pyrrole nitrogens is 1. The maximum Gasteiger partial charge on any atom is 0.249 e. The van der Waals surface area contributed by atoms with Gasteiger partial charge in [-0.15, -0.1) is 0 Å². The van der Waals surface area contributed by atoms with Gasteiger partial charge in [0.1, 0.15) is 0 Å². The third kappa shape index (κ3) is 3.78. The summed E-state index contributed by atoms with van der Waals surface area (Å²) in [4.78, 5) is 23.1. The number of amides is 1. The van der Waals surface area contributed by atoms with Crippen molar-refractivity contribution in [2.24, 2.45) is 5.73 Å². The summed E-state index contributed by atoms with van der Waals surface area (Å²) in [6.45, 7) is 3.88. The number of anilines is 1. The van der Waals surface area contributed by atoms with Crippen LogP contribution < -0.4 is 11.1 Å². The van der Waals surface area contributed by atoms with E-state index in [2.05, 4.69) is 32.4 Å². The molecule has 1 aliphatic rings. The number of hydrogen-bond donors (Lipinski definition) is 3. The Morgan fingerprint density at radius 2 is 1.97 bits per heavy atom. The van der Waals surface area contributed by atoms with E-state index in [1.54, 1.807) is 18.5 Å². The number of carbonyl (C=O) groups is 1. The quantitative estimate of drug-likeness (QED) is 0.581. The molecule has 8 nitrogen and oxygen atoms in total. The first-order valence-electron chi connectivity index (χ1n) is 10.2. The Morgan fingerprint density at radius 1 is 1.23 bits per heavy atom. The van der Waals surface area contributed by atoms with E-state index in [9.17, 15) is 4.79 Å². The number of likely N-dealkylation sites (tertiary alicyclic amines) is 1. The molecule has 2 aromatic heterocycles. The molecule has 156 valence electrons. The van der Waals surface area contributed by atoms with Crippen molar-refractivity contribution in [3.05, 3.63) is 59.7 Å². The second kappa shape index (κ2) is 8.23. The topological polar surface area (TPSA) is 113 Å². The van der Waals surface area contributed by atoms with E-state index in [4.69, 9.17) is 10.7 Å². The normalized spacial score (nSPS) is 16.3. The molecule has 4 N–H and O–H groups in total. The highest BCUT2D eigenvalue weighted by atomic mass is 16.1. The number of benzene rings is 1. The number of aromatic nitrogens is 4. The Kier molecular flexibility index (Phi) is 5.50. The average Bonchev–Trinajstić information content (AvgIpc) is 3.27. The molecule has 30 heavy (non-hydrogen) atoms. The molecule has 0 bridgehead atoms. The largest absolute Gasteiger partial charge is 0.372 e. The van der Waals surface area contributed by atoms with Gasteiger partial charge in [0, 0.05) is 42.3 Å². The number of nitrogens with one attached hydrogen (secondary N) is 2. The molecule has 3 heterocycles. The molecule has 0 unspecified atom stereocenters. The molecule has 3 aromatic rings. The lowest BCUT2D eigenvalue weighted by Crippen LogP contribution is -2.47. The average molecular weight is 406 g/mol. The van der Waals surface area contributed by atoms with Crippen LogP contribution >= 0.6 is 0 Å². The molecule has 1 aromatic carbocycles. The molecular formula is C22H27N7O. The SMILES string of the molecule is CCc1c(NC2(c3nc(-c4ccncc4)n[nH]3)CCN(C)CC2)cccc1C(N)=O. The molecular weight excluding hydrogens is 378 g/mol. The van der Waals surface area contributed by atoms with Crippen LogP contribution in [-0.2, 0) is 12.0 Å². The van der Waals surface area contributed by atoms with Crippen LogP contribution in [0.3, 0.4) is 0 Å². The Labute approximate surface area is 175 Å². The minimum atomic E-state index is -0.412. The number of primary amides is 1. The van der Waals surface area contributed by atoms with Gasteiger partial charge in [0.05, 0.1) is 5.54 Å². The van der Waals surface area contributed by atoms with Crippen LogP contribution in [0.4, 0.5) is 5.69 Å². The van der Waals surface area contributed by atoms with E-state index in [0.717, 1.165) is 48.6 Å². The van der Waals surface area contributed by atoms with Gasteiger partial charge in [-0.1, -0.05) is 13.0 Å². The summed E-state index contributed by atoms with van der Waals surface area (Å²) in [6, 6.07) is 9.45. The first kappa shape index (κ1) is 20.0. The van der Waals surface area contributed by atoms with Crippen LogP contribution in [-0.4, -0.2) is 51.1 Å². The van der Waals surface area contributed by atoms with Crippen LogP contribution in [0.2, 0.25) is 0 Å². The molecule has 0 aliphatic carbocycles. The second-order valence-electron chi connectivity index (χ2n) is 7.80. The van der Waals surface area contributed by atoms with Crippen molar-refractivity contribution in [2.75, 3.05) is 25.5 Å². The fourth-order valence-corrected chi connectivity index (χ4v) is 4.10. The van der Waals surface area contributed by atoms with Crippen molar-refractivity contribution >= 4 is 11.6 Å². The molecule has 0 atom stereocenters. The fraction of sp³-hybridized carbons (Fsp3) is 0.364. The van der Waals surface area contributed by atoms with E-state index in [-0.39, 0.29) is 0 Å². The van der Waals surface area contributed by atoms with E-state index in [1.165, 1.54) is 0 Å². The lowest BCUT2D eigenvalue weighted by Gasteiger charge is -2.41. The molecule has 0 spiro atoms. The Bertz CT molecular complexity index is 1020. The molecule has 1 fully saturated rings. The van der Waals surface area contributed by atoms with Gasteiger partial charge >= 0.3 is 0 Å².